The van der Waals surface area contributed by atoms with E-state index in [1.807, 2.05) is 43.3 Å². The number of nitrogens with zero attached hydrogens (tertiary/aromatic N) is 2. The first-order chi connectivity index (χ1) is 21.7. The first-order valence-corrected chi connectivity index (χ1v) is 15.7. The van der Waals surface area contributed by atoms with E-state index in [4.69, 9.17) is 16.3 Å². The van der Waals surface area contributed by atoms with Crippen LogP contribution in [0.25, 0.3) is 0 Å². The van der Waals surface area contributed by atoms with Crippen LogP contribution in [0.15, 0.2) is 84.4 Å². The van der Waals surface area contributed by atoms with Gasteiger partial charge in [-0.25, -0.2) is 4.90 Å². The van der Waals surface area contributed by atoms with E-state index in [0.717, 1.165) is 5.57 Å². The van der Waals surface area contributed by atoms with Gasteiger partial charge in [0.05, 0.1) is 36.0 Å². The number of carbonyl (C=O) groups is 4. The molecule has 0 unspecified atom stereocenters. The van der Waals surface area contributed by atoms with Crippen LogP contribution in [-0.4, -0.2) is 47.3 Å². The van der Waals surface area contributed by atoms with Crippen molar-refractivity contribution in [3.63, 3.8) is 0 Å². The zero-order valence-electron chi connectivity index (χ0n) is 25.0. The summed E-state index contributed by atoms with van der Waals surface area (Å²) in [6.45, 7) is 2.26. The van der Waals surface area contributed by atoms with Gasteiger partial charge in [-0.15, -0.1) is 0 Å². The third-order valence-corrected chi connectivity index (χ3v) is 10.5. The summed E-state index contributed by atoms with van der Waals surface area (Å²) in [4.78, 5) is 59.9. The summed E-state index contributed by atoms with van der Waals surface area (Å²) in [6.07, 6.45) is 3.15. The second kappa shape index (κ2) is 10.9. The van der Waals surface area contributed by atoms with E-state index in [1.54, 1.807) is 42.5 Å². The average Bonchev–Trinajstić information content (AvgIpc) is 3.42. The van der Waals surface area contributed by atoms with Crippen LogP contribution in [0, 0.1) is 23.7 Å². The number of hydrogen-bond acceptors (Lipinski definition) is 6. The number of halogens is 1. The minimum atomic E-state index is -1.46. The number of phenols is 1. The molecule has 0 radical (unpaired) electrons. The molecule has 230 valence electrons. The molecule has 4 aliphatic rings. The van der Waals surface area contributed by atoms with Crippen LogP contribution in [0.3, 0.4) is 0 Å². The number of likely N-dealkylation sites (tertiary alicyclic amines) is 1. The van der Waals surface area contributed by atoms with Gasteiger partial charge in [-0.1, -0.05) is 78.7 Å². The van der Waals surface area contributed by atoms with Crippen molar-refractivity contribution >= 4 is 40.9 Å². The van der Waals surface area contributed by atoms with E-state index in [0.29, 0.717) is 41.2 Å². The number of fused-ring (bicyclic) bond motifs is 4. The molecule has 3 fully saturated rings. The molecular weight excluding hydrogens is 592 g/mol. The molecule has 2 heterocycles. The van der Waals surface area contributed by atoms with Crippen molar-refractivity contribution < 1.29 is 29.0 Å². The maximum atomic E-state index is 15.2. The average molecular weight is 625 g/mol. The number of rotatable bonds is 6. The van der Waals surface area contributed by atoms with Gasteiger partial charge in [-0.3, -0.25) is 24.1 Å². The van der Waals surface area contributed by atoms with Crippen molar-refractivity contribution in [3.05, 3.63) is 101 Å². The predicted octanol–water partition coefficient (Wildman–Crippen LogP) is 5.63. The van der Waals surface area contributed by atoms with E-state index in [9.17, 15) is 19.5 Å². The molecule has 0 spiro atoms. The third-order valence-electron chi connectivity index (χ3n) is 10.3. The summed E-state index contributed by atoms with van der Waals surface area (Å²) in [5.74, 6) is -4.55. The molecule has 45 heavy (non-hydrogen) atoms. The monoisotopic (exact) mass is 624 g/mol. The van der Waals surface area contributed by atoms with Crippen LogP contribution in [0.1, 0.15) is 43.2 Å². The fourth-order valence-electron chi connectivity index (χ4n) is 8.53. The number of ether oxygens (including phenoxy) is 1. The van der Waals surface area contributed by atoms with E-state index < -0.39 is 46.8 Å². The molecule has 1 saturated carbocycles. The Morgan fingerprint density at radius 3 is 2.40 bits per heavy atom. The summed E-state index contributed by atoms with van der Waals surface area (Å²) in [7, 11) is 1.46. The molecule has 0 aromatic heterocycles. The highest BCUT2D eigenvalue weighted by Crippen LogP contribution is 2.65. The second-order valence-corrected chi connectivity index (χ2v) is 12.8. The summed E-state index contributed by atoms with van der Waals surface area (Å²) in [5, 5.41) is 12.0. The van der Waals surface area contributed by atoms with Gasteiger partial charge in [0.2, 0.25) is 23.6 Å². The van der Waals surface area contributed by atoms with Gasteiger partial charge in [0, 0.05) is 23.0 Å². The fourth-order valence-corrected chi connectivity index (χ4v) is 8.72. The summed E-state index contributed by atoms with van der Waals surface area (Å²) < 4.78 is 5.50. The predicted molar refractivity (Wildman–Crippen MR) is 168 cm³/mol. The number of anilines is 1. The second-order valence-electron chi connectivity index (χ2n) is 12.3. The highest BCUT2D eigenvalue weighted by molar-refractivity contribution is 6.32. The molecule has 4 amide bonds. The molecule has 3 aromatic carbocycles. The van der Waals surface area contributed by atoms with Gasteiger partial charge in [-0.2, -0.15) is 0 Å². The van der Waals surface area contributed by atoms with Crippen molar-refractivity contribution in [1.82, 2.24) is 4.90 Å². The number of carbonyl (C=O) groups excluding carboxylic acids is 4. The van der Waals surface area contributed by atoms with Crippen molar-refractivity contribution in [2.45, 2.75) is 37.5 Å². The third kappa shape index (κ3) is 4.04. The molecule has 2 aliphatic heterocycles. The molecule has 6 atom stereocenters. The molecule has 0 bridgehead atoms. The fraction of sp³-hybridized carbons (Fsp3) is 0.333. The van der Waals surface area contributed by atoms with Crippen molar-refractivity contribution in [3.8, 4) is 11.5 Å². The van der Waals surface area contributed by atoms with Gasteiger partial charge in [0.15, 0.2) is 11.5 Å². The lowest BCUT2D eigenvalue weighted by atomic mass is 9.49. The number of phenolic OH excluding ortho intramolecular Hbond substituents is 1. The zero-order chi connectivity index (χ0) is 31.6. The minimum absolute atomic E-state index is 0.134. The summed E-state index contributed by atoms with van der Waals surface area (Å²) in [5.41, 5.74) is 0.733. The maximum Gasteiger partial charge on any atom is 0.246 e. The van der Waals surface area contributed by atoms with Crippen LogP contribution in [-0.2, 0) is 24.6 Å². The number of para-hydroxylation sites is 1. The molecule has 8 nitrogen and oxygen atoms in total. The molecule has 3 aromatic rings. The quantitative estimate of drug-likeness (QED) is 0.282. The van der Waals surface area contributed by atoms with Gasteiger partial charge in [0.1, 0.15) is 0 Å². The number of aromatic hydroxyl groups is 1. The molecule has 7 rings (SSSR count). The number of hydrogen-bond donors (Lipinski definition) is 1. The molecular formula is C36H33ClN2O6. The number of imide groups is 2. The lowest BCUT2D eigenvalue weighted by Crippen LogP contribution is -2.53. The standard InChI is InChI=1S/C36H33ClN2O6/c1-3-17-38-32(41)24-16-15-23-26(29(24)34(38)43)19-27-33(42)39(22-12-7-11-21(37)18-22)35(44)36(27,20-9-5-4-6-10-20)30(23)25-13-8-14-28(45-2)31(25)40/h4-15,18,24,26-27,29-30,40H,3,16-17,19H2,1-2H3/t24-,26+,27-,29-,30+,36+/m0/s1. The molecule has 9 heteroatoms. The smallest absolute Gasteiger partial charge is 0.246 e. The number of methoxy groups -OCH3 is 1. The summed E-state index contributed by atoms with van der Waals surface area (Å²) in [6, 6.07) is 21.0. The van der Waals surface area contributed by atoms with Gasteiger partial charge in [-0.05, 0) is 55.0 Å². The largest absolute Gasteiger partial charge is 0.504 e. The Labute approximate surface area is 266 Å². The van der Waals surface area contributed by atoms with E-state index >= 15 is 4.79 Å². The first kappa shape index (κ1) is 29.3. The Balaban J connectivity index is 1.51. The Morgan fingerprint density at radius 1 is 0.933 bits per heavy atom. The number of allylic oxidation sites excluding steroid dienone is 2. The van der Waals surface area contributed by atoms with Crippen molar-refractivity contribution in [2.75, 3.05) is 18.6 Å². The highest BCUT2D eigenvalue weighted by atomic mass is 35.5. The van der Waals surface area contributed by atoms with E-state index in [-0.39, 0.29) is 29.7 Å². The van der Waals surface area contributed by atoms with Crippen molar-refractivity contribution in [2.24, 2.45) is 23.7 Å². The van der Waals surface area contributed by atoms with Gasteiger partial charge < -0.3 is 9.84 Å². The van der Waals surface area contributed by atoms with Crippen LogP contribution in [0.4, 0.5) is 5.69 Å². The van der Waals surface area contributed by atoms with E-state index in [1.165, 1.54) is 16.9 Å². The van der Waals surface area contributed by atoms with Crippen LogP contribution in [0.2, 0.25) is 5.02 Å². The van der Waals surface area contributed by atoms with Crippen LogP contribution in [0.5, 0.6) is 11.5 Å². The Kier molecular flexibility index (Phi) is 7.08. The van der Waals surface area contributed by atoms with Gasteiger partial charge in [0.25, 0.3) is 0 Å². The van der Waals surface area contributed by atoms with E-state index in [2.05, 4.69) is 0 Å². The lowest BCUT2D eigenvalue weighted by molar-refractivity contribution is -0.140. The molecule has 2 saturated heterocycles. The number of benzene rings is 3. The molecule has 1 N–H and O–H groups in total. The van der Waals surface area contributed by atoms with Crippen LogP contribution < -0.4 is 9.64 Å². The topological polar surface area (TPSA) is 104 Å². The first-order valence-electron chi connectivity index (χ1n) is 15.4. The summed E-state index contributed by atoms with van der Waals surface area (Å²) >= 11 is 6.35. The number of amides is 4. The Bertz CT molecular complexity index is 1770. The normalized spacial score (nSPS) is 29.0. The Morgan fingerprint density at radius 2 is 1.69 bits per heavy atom. The maximum absolute atomic E-state index is 15.2. The Hall–Kier alpha value is -4.43. The highest BCUT2D eigenvalue weighted by Gasteiger charge is 2.70. The van der Waals surface area contributed by atoms with Gasteiger partial charge >= 0.3 is 0 Å². The SMILES string of the molecule is CCCN1C(=O)[C@H]2[C@H](CC=C3[C@H]2C[C@H]2C(=O)N(c4cccc(Cl)c4)C(=O)[C@@]2(c2ccccc2)[C@H]3c2cccc(OC)c2O)C1=O. The van der Waals surface area contributed by atoms with Crippen LogP contribution >= 0.6 is 11.6 Å². The lowest BCUT2D eigenvalue weighted by Gasteiger charge is -2.50. The minimum Gasteiger partial charge on any atom is -0.504 e. The van der Waals surface area contributed by atoms with Crippen molar-refractivity contribution in [1.29, 1.82) is 0 Å². The molecule has 2 aliphatic carbocycles. The zero-order valence-corrected chi connectivity index (χ0v) is 25.7.